The summed E-state index contributed by atoms with van der Waals surface area (Å²) in [6.07, 6.45) is 3.28. The molecule has 2 aromatic rings. The van der Waals surface area contributed by atoms with E-state index in [9.17, 15) is 10.1 Å². The van der Waals surface area contributed by atoms with Crippen LogP contribution in [0, 0.1) is 10.1 Å². The van der Waals surface area contributed by atoms with E-state index in [-0.39, 0.29) is 10.6 Å². The number of nitrogens with zero attached hydrogens (tertiary/aromatic N) is 3. The van der Waals surface area contributed by atoms with Crippen LogP contribution in [-0.2, 0) is 6.42 Å². The van der Waals surface area contributed by atoms with Crippen LogP contribution < -0.4 is 5.32 Å². The first-order chi connectivity index (χ1) is 10.5. The van der Waals surface area contributed by atoms with Crippen LogP contribution in [-0.4, -0.2) is 42.0 Å². The molecule has 0 saturated carbocycles. The van der Waals surface area contributed by atoms with Crippen LogP contribution >= 0.6 is 0 Å². The van der Waals surface area contributed by atoms with Crippen molar-refractivity contribution in [1.29, 1.82) is 0 Å². The molecule has 0 spiro atoms. The van der Waals surface area contributed by atoms with E-state index in [2.05, 4.69) is 15.2 Å². The second kappa shape index (κ2) is 7.17. The van der Waals surface area contributed by atoms with Crippen molar-refractivity contribution in [2.45, 2.75) is 19.8 Å². The molecule has 6 heteroatoms. The minimum absolute atomic E-state index is 0.170. The van der Waals surface area contributed by atoms with Gasteiger partial charge in [0.25, 0.3) is 5.69 Å². The van der Waals surface area contributed by atoms with Gasteiger partial charge >= 0.3 is 0 Å². The Balaban J connectivity index is 2.39. The van der Waals surface area contributed by atoms with Gasteiger partial charge in [0.15, 0.2) is 0 Å². The fraction of sp³-hybridized carbons (Fsp3) is 0.438. The molecule has 0 radical (unpaired) electrons. The molecule has 0 aliphatic heterocycles. The van der Waals surface area contributed by atoms with Gasteiger partial charge in [0, 0.05) is 18.3 Å². The Labute approximate surface area is 130 Å². The molecule has 118 valence electrons. The molecule has 22 heavy (non-hydrogen) atoms. The molecule has 0 unspecified atom stereocenters. The first kappa shape index (κ1) is 16.2. The number of aromatic nitrogens is 1. The van der Waals surface area contributed by atoms with Crippen molar-refractivity contribution in [2.75, 3.05) is 32.5 Å². The Morgan fingerprint density at radius 2 is 2.09 bits per heavy atom. The van der Waals surface area contributed by atoms with Gasteiger partial charge in [-0.05, 0) is 45.6 Å². The van der Waals surface area contributed by atoms with Gasteiger partial charge in [-0.3, -0.25) is 15.1 Å². The van der Waals surface area contributed by atoms with E-state index in [1.807, 2.05) is 33.2 Å². The highest BCUT2D eigenvalue weighted by molar-refractivity contribution is 5.99. The molecule has 1 aromatic heterocycles. The third-order valence-corrected chi connectivity index (χ3v) is 3.62. The van der Waals surface area contributed by atoms with E-state index in [0.29, 0.717) is 17.3 Å². The summed E-state index contributed by atoms with van der Waals surface area (Å²) in [5.41, 5.74) is 2.34. The highest BCUT2D eigenvalue weighted by Crippen LogP contribution is 2.34. The standard InChI is InChI=1S/C16H22N4O2/c1-4-12-6-7-13-15(16(12)20(21)22)14(8-10-18-13)17-9-5-11-19(2)3/h6-8,10H,4-5,9,11H2,1-3H3,(H,17,18). The Hall–Kier alpha value is -2.21. The smallest absolute Gasteiger partial charge is 0.284 e. The van der Waals surface area contributed by atoms with Crippen molar-refractivity contribution in [1.82, 2.24) is 9.88 Å². The zero-order chi connectivity index (χ0) is 16.1. The highest BCUT2D eigenvalue weighted by atomic mass is 16.6. The molecule has 6 nitrogen and oxygen atoms in total. The van der Waals surface area contributed by atoms with E-state index in [4.69, 9.17) is 0 Å². The van der Waals surface area contributed by atoms with Gasteiger partial charge in [0.2, 0.25) is 0 Å². The Kier molecular flexibility index (Phi) is 5.27. The second-order valence-electron chi connectivity index (χ2n) is 5.52. The first-order valence-electron chi connectivity index (χ1n) is 7.48. The van der Waals surface area contributed by atoms with Crippen LogP contribution in [0.25, 0.3) is 10.9 Å². The number of fused-ring (bicyclic) bond motifs is 1. The maximum Gasteiger partial charge on any atom is 0.284 e. The van der Waals surface area contributed by atoms with Crippen molar-refractivity contribution in [3.8, 4) is 0 Å². The molecule has 0 aliphatic carbocycles. The number of anilines is 1. The van der Waals surface area contributed by atoms with Crippen molar-refractivity contribution < 1.29 is 4.92 Å². The van der Waals surface area contributed by atoms with Gasteiger partial charge in [0.1, 0.15) is 5.39 Å². The Morgan fingerprint density at radius 1 is 1.32 bits per heavy atom. The quantitative estimate of drug-likeness (QED) is 0.483. The van der Waals surface area contributed by atoms with E-state index in [1.54, 1.807) is 12.3 Å². The van der Waals surface area contributed by atoms with Gasteiger partial charge < -0.3 is 10.2 Å². The summed E-state index contributed by atoms with van der Waals surface area (Å²) in [6.45, 7) is 3.66. The van der Waals surface area contributed by atoms with Gasteiger partial charge in [-0.1, -0.05) is 13.0 Å². The summed E-state index contributed by atoms with van der Waals surface area (Å²) in [7, 11) is 4.06. The molecular formula is C16H22N4O2. The lowest BCUT2D eigenvalue weighted by Gasteiger charge is -2.13. The summed E-state index contributed by atoms with van der Waals surface area (Å²) < 4.78 is 0. The minimum atomic E-state index is -0.298. The molecule has 0 aliphatic rings. The molecule has 0 atom stereocenters. The predicted molar refractivity (Wildman–Crippen MR) is 89.4 cm³/mol. The highest BCUT2D eigenvalue weighted by Gasteiger charge is 2.20. The van der Waals surface area contributed by atoms with E-state index in [1.165, 1.54) is 0 Å². The SMILES string of the molecule is CCc1ccc2nccc(NCCCN(C)C)c2c1[N+](=O)[O-]. The fourth-order valence-corrected chi connectivity index (χ4v) is 2.53. The van der Waals surface area contributed by atoms with Crippen molar-refractivity contribution in [2.24, 2.45) is 0 Å². The zero-order valence-corrected chi connectivity index (χ0v) is 13.3. The number of hydrogen-bond donors (Lipinski definition) is 1. The average molecular weight is 302 g/mol. The van der Waals surface area contributed by atoms with Crippen LogP contribution in [0.4, 0.5) is 11.4 Å². The maximum atomic E-state index is 11.5. The number of nitro benzene ring substituents is 1. The third kappa shape index (κ3) is 3.51. The second-order valence-corrected chi connectivity index (χ2v) is 5.52. The molecule has 0 saturated heterocycles. The van der Waals surface area contributed by atoms with Crippen LogP contribution in [0.2, 0.25) is 0 Å². The van der Waals surface area contributed by atoms with Crippen molar-refractivity contribution in [3.05, 3.63) is 40.1 Å². The van der Waals surface area contributed by atoms with Gasteiger partial charge in [0.05, 0.1) is 16.1 Å². The first-order valence-corrected chi connectivity index (χ1v) is 7.48. The van der Waals surface area contributed by atoms with Crippen LogP contribution in [0.5, 0.6) is 0 Å². The Bertz CT molecular complexity index is 670. The summed E-state index contributed by atoms with van der Waals surface area (Å²) in [5, 5.41) is 15.4. The predicted octanol–water partition coefficient (Wildman–Crippen LogP) is 3.07. The lowest BCUT2D eigenvalue weighted by Crippen LogP contribution is -2.16. The fourth-order valence-electron chi connectivity index (χ4n) is 2.53. The lowest BCUT2D eigenvalue weighted by molar-refractivity contribution is -0.383. The average Bonchev–Trinajstić information content (AvgIpc) is 2.49. The minimum Gasteiger partial charge on any atom is -0.384 e. The van der Waals surface area contributed by atoms with Gasteiger partial charge in [-0.15, -0.1) is 0 Å². The van der Waals surface area contributed by atoms with Crippen molar-refractivity contribution >= 4 is 22.3 Å². The largest absolute Gasteiger partial charge is 0.384 e. The maximum absolute atomic E-state index is 11.5. The molecule has 2 rings (SSSR count). The third-order valence-electron chi connectivity index (χ3n) is 3.62. The number of rotatable bonds is 7. The molecule has 0 amide bonds. The normalized spacial score (nSPS) is 11.1. The summed E-state index contributed by atoms with van der Waals surface area (Å²) >= 11 is 0. The molecular weight excluding hydrogens is 280 g/mol. The number of nitrogens with one attached hydrogen (secondary N) is 1. The number of benzene rings is 1. The Morgan fingerprint density at radius 3 is 2.73 bits per heavy atom. The number of aryl methyl sites for hydroxylation is 1. The molecule has 0 fully saturated rings. The summed E-state index contributed by atoms with van der Waals surface area (Å²) in [5.74, 6) is 0. The number of hydrogen-bond acceptors (Lipinski definition) is 5. The monoisotopic (exact) mass is 302 g/mol. The van der Waals surface area contributed by atoms with Crippen LogP contribution in [0.1, 0.15) is 18.9 Å². The van der Waals surface area contributed by atoms with Gasteiger partial charge in [-0.2, -0.15) is 0 Å². The molecule has 0 bridgehead atoms. The lowest BCUT2D eigenvalue weighted by atomic mass is 10.0. The number of nitro groups is 1. The van der Waals surface area contributed by atoms with Gasteiger partial charge in [-0.25, -0.2) is 0 Å². The van der Waals surface area contributed by atoms with E-state index >= 15 is 0 Å². The van der Waals surface area contributed by atoms with E-state index < -0.39 is 0 Å². The zero-order valence-electron chi connectivity index (χ0n) is 13.3. The summed E-state index contributed by atoms with van der Waals surface area (Å²) in [6, 6.07) is 5.46. The molecule has 1 aromatic carbocycles. The van der Waals surface area contributed by atoms with Crippen LogP contribution in [0.15, 0.2) is 24.4 Å². The van der Waals surface area contributed by atoms with Crippen LogP contribution in [0.3, 0.4) is 0 Å². The van der Waals surface area contributed by atoms with Crippen molar-refractivity contribution in [3.63, 3.8) is 0 Å². The summed E-state index contributed by atoms with van der Waals surface area (Å²) in [4.78, 5) is 17.6. The van der Waals surface area contributed by atoms with E-state index in [0.717, 1.165) is 30.8 Å². The molecule has 1 N–H and O–H groups in total. The topological polar surface area (TPSA) is 71.3 Å². The molecule has 1 heterocycles. The number of pyridine rings is 1.